The Balaban J connectivity index is 2.25. The van der Waals surface area contributed by atoms with E-state index in [2.05, 4.69) is 29.8 Å². The fraction of sp³-hybridized carbons (Fsp3) is 0.714. The Hall–Kier alpha value is -0.380. The van der Waals surface area contributed by atoms with Crippen LogP contribution in [0.25, 0.3) is 0 Å². The van der Waals surface area contributed by atoms with Crippen molar-refractivity contribution in [3.05, 3.63) is 22.4 Å². The van der Waals surface area contributed by atoms with Gasteiger partial charge in [-0.15, -0.1) is 11.3 Å². The molecule has 1 N–H and O–H groups in total. The minimum atomic E-state index is -0.0166. The third-order valence-electron chi connectivity index (χ3n) is 4.04. The van der Waals surface area contributed by atoms with Crippen molar-refractivity contribution in [3.63, 3.8) is 0 Å². The average molecular weight is 253 g/mol. The lowest BCUT2D eigenvalue weighted by atomic mass is 9.74. The second-order valence-corrected chi connectivity index (χ2v) is 6.19. The number of thiophene rings is 1. The number of nitrogens with one attached hydrogen (secondary N) is 1. The average Bonchev–Trinajstić information content (AvgIpc) is 2.83. The van der Waals surface area contributed by atoms with Crippen LogP contribution in [0.5, 0.6) is 0 Å². The maximum absolute atomic E-state index is 5.97. The van der Waals surface area contributed by atoms with E-state index in [4.69, 9.17) is 4.74 Å². The van der Waals surface area contributed by atoms with E-state index in [1.54, 1.807) is 0 Å². The van der Waals surface area contributed by atoms with Crippen molar-refractivity contribution in [2.75, 3.05) is 14.2 Å². The molecule has 1 saturated carbocycles. The summed E-state index contributed by atoms with van der Waals surface area (Å²) in [6.07, 6.45) is 4.94. The summed E-state index contributed by atoms with van der Waals surface area (Å²) in [5, 5.41) is 5.62. The number of methoxy groups -OCH3 is 1. The largest absolute Gasteiger partial charge is 0.376 e. The van der Waals surface area contributed by atoms with Gasteiger partial charge in [0.05, 0.1) is 11.6 Å². The molecular formula is C14H23NOS. The van der Waals surface area contributed by atoms with Crippen LogP contribution in [0.3, 0.4) is 0 Å². The topological polar surface area (TPSA) is 21.3 Å². The van der Waals surface area contributed by atoms with Gasteiger partial charge in [0.1, 0.15) is 0 Å². The first-order valence-corrected chi connectivity index (χ1v) is 7.35. The third-order valence-corrected chi connectivity index (χ3v) is 4.98. The Morgan fingerprint density at radius 3 is 2.94 bits per heavy atom. The molecule has 0 aromatic carbocycles. The zero-order valence-corrected chi connectivity index (χ0v) is 11.8. The van der Waals surface area contributed by atoms with Gasteiger partial charge < -0.3 is 10.1 Å². The zero-order chi connectivity index (χ0) is 12.3. The summed E-state index contributed by atoms with van der Waals surface area (Å²) in [6, 6.07) is 4.67. The summed E-state index contributed by atoms with van der Waals surface area (Å²) in [5.41, 5.74) is -0.0166. The lowest BCUT2D eigenvalue weighted by Gasteiger charge is -2.44. The molecule has 1 heterocycles. The maximum Gasteiger partial charge on any atom is 0.0882 e. The standard InChI is InChI=1S/C14H23NOS/c1-11-6-4-8-14(10-11,16-3)13(15-2)12-7-5-9-17-12/h5,7,9,11,13,15H,4,6,8,10H2,1-3H3. The lowest BCUT2D eigenvalue weighted by molar-refractivity contribution is -0.0782. The molecule has 0 aliphatic heterocycles. The van der Waals surface area contributed by atoms with E-state index >= 15 is 0 Å². The van der Waals surface area contributed by atoms with E-state index in [9.17, 15) is 0 Å². The van der Waals surface area contributed by atoms with Gasteiger partial charge in [-0.2, -0.15) is 0 Å². The van der Waals surface area contributed by atoms with Crippen molar-refractivity contribution < 1.29 is 4.74 Å². The summed E-state index contributed by atoms with van der Waals surface area (Å²) >= 11 is 1.82. The molecule has 0 radical (unpaired) electrons. The quantitative estimate of drug-likeness (QED) is 0.885. The van der Waals surface area contributed by atoms with Crippen LogP contribution in [-0.4, -0.2) is 19.8 Å². The number of hydrogen-bond acceptors (Lipinski definition) is 3. The highest BCUT2D eigenvalue weighted by molar-refractivity contribution is 7.10. The molecule has 2 nitrogen and oxygen atoms in total. The monoisotopic (exact) mass is 253 g/mol. The highest BCUT2D eigenvalue weighted by Crippen LogP contribution is 2.44. The van der Waals surface area contributed by atoms with E-state index in [1.807, 2.05) is 25.5 Å². The van der Waals surface area contributed by atoms with Crippen LogP contribution in [0.4, 0.5) is 0 Å². The van der Waals surface area contributed by atoms with Crippen LogP contribution in [0.15, 0.2) is 17.5 Å². The minimum Gasteiger partial charge on any atom is -0.376 e. The highest BCUT2D eigenvalue weighted by atomic mass is 32.1. The van der Waals surface area contributed by atoms with Crippen molar-refractivity contribution in [1.82, 2.24) is 5.32 Å². The Bertz CT molecular complexity index is 338. The summed E-state index contributed by atoms with van der Waals surface area (Å²) in [7, 11) is 3.92. The molecule has 0 spiro atoms. The second-order valence-electron chi connectivity index (χ2n) is 5.21. The first kappa shape index (κ1) is 13.1. The lowest BCUT2D eigenvalue weighted by Crippen LogP contribution is -2.47. The third kappa shape index (κ3) is 2.56. The Labute approximate surface area is 108 Å². The molecule has 1 aliphatic carbocycles. The summed E-state index contributed by atoms with van der Waals surface area (Å²) < 4.78 is 5.97. The maximum atomic E-state index is 5.97. The SMILES string of the molecule is CNC(c1cccs1)C1(OC)CCCC(C)C1. The van der Waals surface area contributed by atoms with Crippen LogP contribution in [0.1, 0.15) is 43.5 Å². The Kier molecular flexibility index (Phi) is 4.23. The smallest absolute Gasteiger partial charge is 0.0882 e. The first-order chi connectivity index (χ1) is 8.22. The van der Waals surface area contributed by atoms with E-state index in [0.717, 1.165) is 18.8 Å². The number of likely N-dealkylation sites (N-methyl/N-ethyl adjacent to an activating group) is 1. The second kappa shape index (κ2) is 5.51. The first-order valence-electron chi connectivity index (χ1n) is 6.47. The van der Waals surface area contributed by atoms with Crippen LogP contribution >= 0.6 is 11.3 Å². The Morgan fingerprint density at radius 2 is 2.41 bits per heavy atom. The molecule has 0 saturated heterocycles. The van der Waals surface area contributed by atoms with Gasteiger partial charge in [0, 0.05) is 12.0 Å². The van der Waals surface area contributed by atoms with Crippen molar-refractivity contribution in [1.29, 1.82) is 0 Å². The fourth-order valence-corrected chi connectivity index (χ4v) is 4.17. The van der Waals surface area contributed by atoms with Gasteiger partial charge in [-0.05, 0) is 37.3 Å². The molecule has 3 unspecified atom stereocenters. The van der Waals surface area contributed by atoms with Crippen LogP contribution in [0, 0.1) is 5.92 Å². The molecule has 1 aliphatic rings. The van der Waals surface area contributed by atoms with Crippen molar-refractivity contribution in [2.24, 2.45) is 5.92 Å². The van der Waals surface area contributed by atoms with Gasteiger partial charge in [-0.3, -0.25) is 0 Å². The van der Waals surface area contributed by atoms with E-state index in [1.165, 1.54) is 17.7 Å². The van der Waals surface area contributed by atoms with Gasteiger partial charge in [0.2, 0.25) is 0 Å². The highest BCUT2D eigenvalue weighted by Gasteiger charge is 2.42. The van der Waals surface area contributed by atoms with Crippen molar-refractivity contribution in [2.45, 2.75) is 44.2 Å². The predicted molar refractivity (Wildman–Crippen MR) is 73.5 cm³/mol. The van der Waals surface area contributed by atoms with E-state index in [0.29, 0.717) is 6.04 Å². The van der Waals surface area contributed by atoms with E-state index in [-0.39, 0.29) is 5.60 Å². The molecule has 3 heteroatoms. The van der Waals surface area contributed by atoms with Gasteiger partial charge in [0.25, 0.3) is 0 Å². The number of hydrogen-bond donors (Lipinski definition) is 1. The van der Waals surface area contributed by atoms with E-state index < -0.39 is 0 Å². The molecule has 0 bridgehead atoms. The molecule has 17 heavy (non-hydrogen) atoms. The normalized spacial score (nSPS) is 31.4. The predicted octanol–water partition coefficient (Wildman–Crippen LogP) is 3.60. The summed E-state index contributed by atoms with van der Waals surface area (Å²) in [5.74, 6) is 0.763. The fourth-order valence-electron chi connectivity index (χ4n) is 3.23. The summed E-state index contributed by atoms with van der Waals surface area (Å²) in [6.45, 7) is 2.34. The molecule has 1 fully saturated rings. The van der Waals surface area contributed by atoms with Crippen molar-refractivity contribution >= 4 is 11.3 Å². The van der Waals surface area contributed by atoms with Gasteiger partial charge >= 0.3 is 0 Å². The molecule has 0 amide bonds. The molecule has 2 rings (SSSR count). The Morgan fingerprint density at radius 1 is 1.59 bits per heavy atom. The van der Waals surface area contributed by atoms with Gasteiger partial charge in [-0.1, -0.05) is 25.8 Å². The summed E-state index contributed by atoms with van der Waals surface area (Å²) in [4.78, 5) is 1.39. The van der Waals surface area contributed by atoms with Gasteiger partial charge in [-0.25, -0.2) is 0 Å². The van der Waals surface area contributed by atoms with Crippen LogP contribution in [-0.2, 0) is 4.74 Å². The minimum absolute atomic E-state index is 0.0166. The molecule has 3 atom stereocenters. The zero-order valence-electron chi connectivity index (χ0n) is 11.0. The van der Waals surface area contributed by atoms with Crippen LogP contribution in [0.2, 0.25) is 0 Å². The van der Waals surface area contributed by atoms with Crippen molar-refractivity contribution in [3.8, 4) is 0 Å². The molecule has 96 valence electrons. The molecular weight excluding hydrogens is 230 g/mol. The number of rotatable bonds is 4. The van der Waals surface area contributed by atoms with Crippen LogP contribution < -0.4 is 5.32 Å². The number of ether oxygens (including phenoxy) is 1. The van der Waals surface area contributed by atoms with Gasteiger partial charge in [0.15, 0.2) is 0 Å². The molecule has 1 aromatic heterocycles. The molecule has 1 aromatic rings.